The van der Waals surface area contributed by atoms with Gasteiger partial charge >= 0.3 is 61.6 Å². The van der Waals surface area contributed by atoms with Gasteiger partial charge in [0.1, 0.15) is 43.7 Å². The average molecular weight is 805 g/mol. The minimum atomic E-state index is -1.23. The summed E-state index contributed by atoms with van der Waals surface area (Å²) in [7, 11) is 0. The van der Waals surface area contributed by atoms with Crippen molar-refractivity contribution in [2.75, 3.05) is 13.2 Å². The minimum absolute atomic E-state index is 0. The first-order valence-electron chi connectivity index (χ1n) is 14.2. The number of nitrogens with one attached hydrogen (secondary N) is 2. The topological polar surface area (TPSA) is 299 Å². The fourth-order valence-electron chi connectivity index (χ4n) is 4.66. The molecule has 25 heteroatoms. The van der Waals surface area contributed by atoms with E-state index in [1.807, 2.05) is 0 Å². The van der Waals surface area contributed by atoms with E-state index in [0.717, 1.165) is 6.92 Å². The first-order valence-corrected chi connectivity index (χ1v) is 14.9. The molecule has 2 heterocycles. The SMILES string of the molecule is CC(=O)NC1[C@@H](OC(C)=O)OC(COC(C)=O)[C@@H](C)[C@@H]1OO[O-].CC(=O)NC1[C@@H](OC(C)=O)OC(COC(C)=O)[C@@H](OO[O-])[C@@H]1C.O=S.O=S.[Ca+2]. The van der Waals surface area contributed by atoms with Crippen molar-refractivity contribution in [3.8, 4) is 0 Å². The van der Waals surface area contributed by atoms with Crippen LogP contribution in [-0.2, 0) is 102 Å². The molecule has 2 aliphatic heterocycles. The van der Waals surface area contributed by atoms with Gasteiger partial charge < -0.3 is 49.6 Å². The van der Waals surface area contributed by atoms with E-state index in [-0.39, 0.29) is 56.9 Å². The van der Waals surface area contributed by atoms with Gasteiger partial charge in [-0.3, -0.25) is 38.8 Å². The van der Waals surface area contributed by atoms with Crippen LogP contribution in [-0.4, -0.2) is 144 Å². The van der Waals surface area contributed by atoms with Crippen LogP contribution in [0.2, 0.25) is 0 Å². The molecule has 2 aliphatic rings. The van der Waals surface area contributed by atoms with Gasteiger partial charge in [-0.1, -0.05) is 13.8 Å². The molecule has 0 bridgehead atoms. The van der Waals surface area contributed by atoms with Crippen LogP contribution in [0.25, 0.3) is 0 Å². The molecule has 2 saturated heterocycles. The number of amides is 2. The maximum absolute atomic E-state index is 11.3. The Labute approximate surface area is 332 Å². The summed E-state index contributed by atoms with van der Waals surface area (Å²) in [4.78, 5) is 76.3. The third-order valence-electron chi connectivity index (χ3n) is 6.62. The summed E-state index contributed by atoms with van der Waals surface area (Å²) in [6.07, 6.45) is -5.93. The van der Waals surface area contributed by atoms with Crippen molar-refractivity contribution in [2.45, 2.75) is 104 Å². The third kappa shape index (κ3) is 20.6. The summed E-state index contributed by atoms with van der Waals surface area (Å²) in [5.74, 6) is -4.24. The van der Waals surface area contributed by atoms with Crippen molar-refractivity contribution < 1.29 is 96.0 Å². The number of carbonyl (C=O) groups excluding carboxylic acids is 6. The number of hydrogen-bond donors (Lipinski definition) is 2. The standard InChI is InChI=1S/2C13H21NO9.Ca.2OS/c1-6-11(14-7(2)15)13(20-9(4)17)21-10(5-19-8(3)16)12(6)22-23-18;1-6-10(5-19-8(3)16)21-13(20-9(4)17)11(14-7(2)15)12(6)22-23-18;;2*1-2/h2*6,10-13,18H,5H2,1-4H3,(H,14,15);;;/q;;+2;;/p-2/t2*6-,10?,11?,12+,13+;;;/m11.../s1. The molecule has 2 N–H and O–H groups in total. The molecule has 0 aromatic rings. The summed E-state index contributed by atoms with van der Waals surface area (Å²) in [6.45, 7) is 10.2. The Morgan fingerprint density at radius 2 is 0.961 bits per heavy atom. The van der Waals surface area contributed by atoms with E-state index in [1.165, 1.54) is 34.6 Å². The Hall–Kier alpha value is -2.20. The second-order valence-corrected chi connectivity index (χ2v) is 10.3. The van der Waals surface area contributed by atoms with Crippen molar-refractivity contribution in [3.05, 3.63) is 0 Å². The first kappa shape index (κ1) is 53.2. The van der Waals surface area contributed by atoms with E-state index in [4.69, 9.17) is 36.8 Å². The van der Waals surface area contributed by atoms with Gasteiger partial charge in [-0.15, -0.1) is 0 Å². The second kappa shape index (κ2) is 29.3. The van der Waals surface area contributed by atoms with Crippen LogP contribution in [0.1, 0.15) is 55.4 Å². The zero-order chi connectivity index (χ0) is 39.1. The molecule has 288 valence electrons. The van der Waals surface area contributed by atoms with E-state index in [2.05, 4.69) is 55.6 Å². The normalized spacial score (nSPS) is 27.6. The molecule has 4 unspecified atom stereocenters. The molecule has 51 heavy (non-hydrogen) atoms. The van der Waals surface area contributed by atoms with Gasteiger partial charge in [-0.05, 0) is 0 Å². The fourth-order valence-corrected chi connectivity index (χ4v) is 4.66. The number of esters is 4. The van der Waals surface area contributed by atoms with E-state index in [0.29, 0.717) is 0 Å². The maximum atomic E-state index is 11.3. The average Bonchev–Trinajstić information content (AvgIpc) is 3.03. The molecule has 10 atom stereocenters. The number of rotatable bonds is 12. The van der Waals surface area contributed by atoms with Crippen LogP contribution in [0.15, 0.2) is 0 Å². The van der Waals surface area contributed by atoms with Gasteiger partial charge in [0.2, 0.25) is 24.4 Å². The monoisotopic (exact) mass is 804 g/mol. The molecule has 0 aromatic carbocycles. The van der Waals surface area contributed by atoms with Crippen molar-refractivity contribution in [3.63, 3.8) is 0 Å². The summed E-state index contributed by atoms with van der Waals surface area (Å²) in [5.41, 5.74) is 0. The molecule has 2 fully saturated rings. The zero-order valence-electron chi connectivity index (χ0n) is 28.9. The predicted molar refractivity (Wildman–Crippen MR) is 162 cm³/mol. The van der Waals surface area contributed by atoms with Crippen LogP contribution in [0.5, 0.6) is 0 Å². The molecular formula is C26H40CaN2O20S2. The van der Waals surface area contributed by atoms with Crippen molar-refractivity contribution in [1.29, 1.82) is 0 Å². The van der Waals surface area contributed by atoms with Gasteiger partial charge in [0.25, 0.3) is 0 Å². The Morgan fingerprint density at radius 1 is 0.588 bits per heavy atom. The Kier molecular flexibility index (Phi) is 30.5. The van der Waals surface area contributed by atoms with Crippen LogP contribution in [0, 0.1) is 11.8 Å². The predicted octanol–water partition coefficient (Wildman–Crippen LogP) is -3.91. The van der Waals surface area contributed by atoms with Crippen LogP contribution in [0.4, 0.5) is 0 Å². The molecule has 22 nitrogen and oxygen atoms in total. The molecule has 2 rings (SSSR count). The van der Waals surface area contributed by atoms with Gasteiger partial charge in [0, 0.05) is 53.4 Å². The Morgan fingerprint density at radius 3 is 1.35 bits per heavy atom. The summed E-state index contributed by atoms with van der Waals surface area (Å²) in [6, 6.07) is -1.74. The molecule has 0 radical (unpaired) electrons. The van der Waals surface area contributed by atoms with E-state index >= 15 is 0 Å². The van der Waals surface area contributed by atoms with E-state index in [1.54, 1.807) is 13.8 Å². The van der Waals surface area contributed by atoms with Gasteiger partial charge in [0.15, 0.2) is 25.1 Å². The molecule has 0 aliphatic carbocycles. The van der Waals surface area contributed by atoms with Crippen LogP contribution in [0.3, 0.4) is 0 Å². The quantitative estimate of drug-likeness (QED) is 0.0626. The number of carbonyl (C=O) groups is 6. The Balaban J connectivity index is -0.000000808. The van der Waals surface area contributed by atoms with E-state index in [9.17, 15) is 39.3 Å². The molecule has 0 spiro atoms. The summed E-state index contributed by atoms with van der Waals surface area (Å²) < 4.78 is 46.6. The molecule has 2 amide bonds. The molecule has 0 saturated carbocycles. The second-order valence-electron chi connectivity index (χ2n) is 10.3. The fraction of sp³-hybridized carbons (Fsp3) is 0.769. The molecule has 0 aromatic heterocycles. The Bertz CT molecular complexity index is 1090. The largest absolute Gasteiger partial charge is 2.00 e. The summed E-state index contributed by atoms with van der Waals surface area (Å²) >= 11 is 5.67. The van der Waals surface area contributed by atoms with Crippen LogP contribution < -0.4 is 21.1 Å². The first-order chi connectivity index (χ1) is 23.5. The van der Waals surface area contributed by atoms with Gasteiger partial charge in [-0.25, -0.2) is 9.78 Å². The number of ether oxygens (including phenoxy) is 6. The third-order valence-corrected chi connectivity index (χ3v) is 6.62. The molecular weight excluding hydrogens is 764 g/mol. The van der Waals surface area contributed by atoms with Crippen molar-refractivity contribution in [1.82, 2.24) is 10.6 Å². The van der Waals surface area contributed by atoms with Crippen molar-refractivity contribution >= 4 is 98.5 Å². The van der Waals surface area contributed by atoms with Gasteiger partial charge in [0.05, 0.1) is 6.04 Å². The smallest absolute Gasteiger partial charge is 0.692 e. The van der Waals surface area contributed by atoms with Crippen molar-refractivity contribution in [2.24, 2.45) is 11.8 Å². The maximum Gasteiger partial charge on any atom is 2.00 e. The summed E-state index contributed by atoms with van der Waals surface area (Å²) in [5, 5.41) is 32.8. The minimum Gasteiger partial charge on any atom is -0.692 e. The number of hydrogen-bond acceptors (Lipinski definition) is 22. The van der Waals surface area contributed by atoms with E-state index < -0.39 is 90.7 Å². The van der Waals surface area contributed by atoms with Crippen LogP contribution >= 0.6 is 0 Å². The zero-order valence-corrected chi connectivity index (χ0v) is 32.7. The van der Waals surface area contributed by atoms with Gasteiger partial charge in [-0.2, -0.15) is 8.42 Å².